The Labute approximate surface area is 90.7 Å². The van der Waals surface area contributed by atoms with E-state index >= 15 is 0 Å². The molecule has 0 aliphatic heterocycles. The first-order valence-corrected chi connectivity index (χ1v) is 4.30. The third kappa shape index (κ3) is 3.51. The predicted molar refractivity (Wildman–Crippen MR) is 48.1 cm³/mol. The van der Waals surface area contributed by atoms with Crippen molar-refractivity contribution in [3.05, 3.63) is 0 Å². The summed E-state index contributed by atoms with van der Waals surface area (Å²) in [5.41, 5.74) is 0. The monoisotopic (exact) mass is 238 g/mol. The molecule has 8 nitrogen and oxygen atoms in total. The Morgan fingerprint density at radius 3 is 1.88 bits per heavy atom. The van der Waals surface area contributed by atoms with Crippen LogP contribution in [-0.2, 0) is 14.3 Å². The van der Waals surface area contributed by atoms with Crippen LogP contribution < -0.4 is 0 Å². The summed E-state index contributed by atoms with van der Waals surface area (Å²) >= 11 is 0. The minimum Gasteiger partial charge on any atom is -0.467 e. The summed E-state index contributed by atoms with van der Waals surface area (Å²) in [6, 6.07) is 0. The zero-order chi connectivity index (χ0) is 12.9. The van der Waals surface area contributed by atoms with Crippen molar-refractivity contribution in [1.29, 1.82) is 0 Å². The molecule has 8 heteroatoms. The molecule has 0 aromatic carbocycles. The number of methoxy groups -OCH3 is 1. The molecule has 5 N–H and O–H groups in total. The first-order valence-electron chi connectivity index (χ1n) is 4.30. The zero-order valence-electron chi connectivity index (χ0n) is 8.48. The number of hydrogen-bond acceptors (Lipinski definition) is 8. The Hall–Kier alpha value is -1.06. The van der Waals surface area contributed by atoms with E-state index in [1.807, 2.05) is 0 Å². The summed E-state index contributed by atoms with van der Waals surface area (Å²) in [5.74, 6) is -2.38. The van der Waals surface area contributed by atoms with E-state index in [1.165, 1.54) is 0 Å². The van der Waals surface area contributed by atoms with Crippen LogP contribution in [0.2, 0.25) is 0 Å². The van der Waals surface area contributed by atoms with E-state index in [0.29, 0.717) is 0 Å². The molecule has 0 aromatic rings. The van der Waals surface area contributed by atoms with Crippen LogP contribution in [0.15, 0.2) is 0 Å². The molecule has 0 amide bonds. The second-order valence-corrected chi connectivity index (χ2v) is 3.02. The van der Waals surface area contributed by atoms with Crippen LogP contribution in [0.4, 0.5) is 0 Å². The van der Waals surface area contributed by atoms with Crippen molar-refractivity contribution < 1.29 is 39.9 Å². The molecule has 0 aromatic heterocycles. The third-order valence-electron chi connectivity index (χ3n) is 1.93. The van der Waals surface area contributed by atoms with Gasteiger partial charge in [-0.25, -0.2) is 4.79 Å². The molecule has 0 saturated carbocycles. The SMILES string of the molecule is COC(=O)[C@H](O)[C@@H](O)[C@@H](O)[C@H](O)C(=O)CO. The molecular formula is C8H14O8. The Kier molecular flexibility index (Phi) is 6.08. The maximum Gasteiger partial charge on any atom is 0.337 e. The lowest BCUT2D eigenvalue weighted by Crippen LogP contribution is -2.50. The molecule has 0 aliphatic rings. The number of rotatable bonds is 6. The maximum atomic E-state index is 10.8. The van der Waals surface area contributed by atoms with Gasteiger partial charge in [-0.1, -0.05) is 0 Å². The predicted octanol–water partition coefficient (Wildman–Crippen LogP) is -3.84. The van der Waals surface area contributed by atoms with Gasteiger partial charge in [0.05, 0.1) is 7.11 Å². The minimum atomic E-state index is -2.10. The molecule has 0 radical (unpaired) electrons. The second kappa shape index (κ2) is 6.51. The van der Waals surface area contributed by atoms with Crippen LogP contribution in [0.1, 0.15) is 0 Å². The van der Waals surface area contributed by atoms with Gasteiger partial charge in [-0.15, -0.1) is 0 Å². The number of aliphatic hydroxyl groups is 5. The normalized spacial score (nSPS) is 18.4. The van der Waals surface area contributed by atoms with Gasteiger partial charge >= 0.3 is 5.97 Å². The quantitative estimate of drug-likeness (QED) is 0.296. The van der Waals surface area contributed by atoms with Gasteiger partial charge in [0.25, 0.3) is 0 Å². The fraction of sp³-hybridized carbons (Fsp3) is 0.750. The fourth-order valence-electron chi connectivity index (χ4n) is 0.918. The summed E-state index contributed by atoms with van der Waals surface area (Å²) in [4.78, 5) is 21.5. The van der Waals surface area contributed by atoms with Crippen LogP contribution in [0, 0.1) is 0 Å². The van der Waals surface area contributed by atoms with Gasteiger partial charge in [0.15, 0.2) is 11.9 Å². The van der Waals surface area contributed by atoms with E-state index in [-0.39, 0.29) is 0 Å². The molecule has 0 heterocycles. The number of Topliss-reactive ketones (excluding diaryl/α,β-unsaturated/α-hetero) is 1. The number of ether oxygens (including phenoxy) is 1. The molecule has 0 aliphatic carbocycles. The summed E-state index contributed by atoms with van der Waals surface area (Å²) in [6.45, 7) is -1.04. The highest BCUT2D eigenvalue weighted by Gasteiger charge is 2.37. The van der Waals surface area contributed by atoms with Gasteiger partial charge in [0.2, 0.25) is 0 Å². The minimum absolute atomic E-state index is 0.944. The summed E-state index contributed by atoms with van der Waals surface area (Å²) in [6.07, 6.45) is -8.40. The first kappa shape index (κ1) is 14.9. The number of ketones is 1. The van der Waals surface area contributed by atoms with Gasteiger partial charge in [-0.05, 0) is 0 Å². The maximum absolute atomic E-state index is 10.8. The van der Waals surface area contributed by atoms with Gasteiger partial charge in [0.1, 0.15) is 24.9 Å². The lowest BCUT2D eigenvalue weighted by Gasteiger charge is -2.23. The van der Waals surface area contributed by atoms with Gasteiger partial charge < -0.3 is 30.3 Å². The van der Waals surface area contributed by atoms with Crippen LogP contribution in [-0.4, -0.2) is 75.4 Å². The number of aliphatic hydroxyl groups excluding tert-OH is 5. The Bertz CT molecular complexity index is 226. The second-order valence-electron chi connectivity index (χ2n) is 3.02. The van der Waals surface area contributed by atoms with Crippen molar-refractivity contribution >= 4 is 11.8 Å². The molecule has 0 bridgehead atoms. The van der Waals surface area contributed by atoms with Gasteiger partial charge in [-0.2, -0.15) is 0 Å². The van der Waals surface area contributed by atoms with Crippen LogP contribution in [0.3, 0.4) is 0 Å². The molecule has 0 unspecified atom stereocenters. The average Bonchev–Trinajstić information content (AvgIpc) is 2.32. The van der Waals surface area contributed by atoms with Crippen LogP contribution in [0.25, 0.3) is 0 Å². The van der Waals surface area contributed by atoms with E-state index in [2.05, 4.69) is 4.74 Å². The van der Waals surface area contributed by atoms with Crippen molar-refractivity contribution in [2.75, 3.05) is 13.7 Å². The van der Waals surface area contributed by atoms with Crippen molar-refractivity contribution in [3.8, 4) is 0 Å². The third-order valence-corrected chi connectivity index (χ3v) is 1.93. The fourth-order valence-corrected chi connectivity index (χ4v) is 0.918. The van der Waals surface area contributed by atoms with Crippen LogP contribution in [0.5, 0.6) is 0 Å². The molecule has 0 fully saturated rings. The largest absolute Gasteiger partial charge is 0.467 e. The van der Waals surface area contributed by atoms with E-state index < -0.39 is 42.8 Å². The zero-order valence-corrected chi connectivity index (χ0v) is 8.48. The number of carbonyl (C=O) groups excluding carboxylic acids is 2. The lowest BCUT2D eigenvalue weighted by molar-refractivity contribution is -0.169. The first-order chi connectivity index (χ1) is 7.36. The van der Waals surface area contributed by atoms with Crippen molar-refractivity contribution in [1.82, 2.24) is 0 Å². The number of hydrogen-bond donors (Lipinski definition) is 5. The molecule has 0 spiro atoms. The molecule has 94 valence electrons. The molecular weight excluding hydrogens is 224 g/mol. The van der Waals surface area contributed by atoms with Gasteiger partial charge in [-0.3, -0.25) is 4.79 Å². The highest BCUT2D eigenvalue weighted by Crippen LogP contribution is 2.07. The highest BCUT2D eigenvalue weighted by atomic mass is 16.5. The topological polar surface area (TPSA) is 145 Å². The van der Waals surface area contributed by atoms with E-state index in [1.54, 1.807) is 0 Å². The van der Waals surface area contributed by atoms with Crippen molar-refractivity contribution in [2.24, 2.45) is 0 Å². The number of esters is 1. The number of carbonyl (C=O) groups is 2. The molecule has 4 atom stereocenters. The van der Waals surface area contributed by atoms with Crippen LogP contribution >= 0.6 is 0 Å². The van der Waals surface area contributed by atoms with Crippen molar-refractivity contribution in [2.45, 2.75) is 24.4 Å². The van der Waals surface area contributed by atoms with Crippen molar-refractivity contribution in [3.63, 3.8) is 0 Å². The van der Waals surface area contributed by atoms with E-state index in [9.17, 15) is 19.8 Å². The average molecular weight is 238 g/mol. The summed E-state index contributed by atoms with van der Waals surface area (Å²) < 4.78 is 4.07. The van der Waals surface area contributed by atoms with E-state index in [0.717, 1.165) is 7.11 Å². The van der Waals surface area contributed by atoms with Gasteiger partial charge in [0, 0.05) is 0 Å². The highest BCUT2D eigenvalue weighted by molar-refractivity contribution is 5.84. The van der Waals surface area contributed by atoms with E-state index in [4.69, 9.17) is 15.3 Å². The molecule has 0 saturated heterocycles. The Balaban J connectivity index is 4.54. The molecule has 0 rings (SSSR count). The molecule has 16 heavy (non-hydrogen) atoms. The summed E-state index contributed by atoms with van der Waals surface area (Å²) in [5, 5.41) is 45.0. The smallest absolute Gasteiger partial charge is 0.337 e. The standard InChI is InChI=1S/C8H14O8/c1-16-8(15)7(14)6(13)5(12)4(11)3(10)2-9/h4-7,9,11-14H,2H2,1H3/t4-,5+,6+,7-/m1/s1. The summed E-state index contributed by atoms with van der Waals surface area (Å²) in [7, 11) is 0.944. The Morgan fingerprint density at radius 1 is 1.06 bits per heavy atom. The lowest BCUT2D eigenvalue weighted by atomic mass is 10.0. The Morgan fingerprint density at radius 2 is 1.50 bits per heavy atom.